The molecule has 0 saturated heterocycles. The summed E-state index contributed by atoms with van der Waals surface area (Å²) in [4.78, 5) is 30.4. The lowest BCUT2D eigenvalue weighted by atomic mass is 9.47. The number of benzene rings is 1. The van der Waals surface area contributed by atoms with Crippen molar-refractivity contribution in [2.45, 2.75) is 83.8 Å². The fourth-order valence-electron chi connectivity index (χ4n) is 8.48. The molecule has 0 radical (unpaired) electrons. The lowest BCUT2D eigenvalue weighted by Crippen LogP contribution is -2.99. The van der Waals surface area contributed by atoms with Gasteiger partial charge in [0, 0.05) is 12.5 Å². The SMILES string of the molecule is COC(=O)[C@H](Cc1ccc(O)c([NH+]([O-])O)c1)NC(=O)CON=C1C=C2CC[C@@H]3[C@@H]4CC[C@H](O)[C@@]4(C)CC[C@@H]3[C@@]2(C)CC1. The topological polar surface area (TPSA) is 165 Å². The van der Waals surface area contributed by atoms with Gasteiger partial charge in [-0.3, -0.25) is 4.79 Å². The van der Waals surface area contributed by atoms with Gasteiger partial charge >= 0.3 is 5.97 Å². The maximum atomic E-state index is 12.6. The molecule has 1 aromatic carbocycles. The van der Waals surface area contributed by atoms with Crippen molar-refractivity contribution in [3.05, 3.63) is 40.6 Å². The van der Waals surface area contributed by atoms with Crippen LogP contribution in [0.15, 0.2) is 35.0 Å². The zero-order valence-electron chi connectivity index (χ0n) is 24.6. The second-order valence-electron chi connectivity index (χ2n) is 13.0. The average molecular weight is 586 g/mol. The number of aliphatic hydroxyl groups is 1. The lowest BCUT2D eigenvalue weighted by Gasteiger charge is -2.57. The van der Waals surface area contributed by atoms with Crippen LogP contribution in [0.1, 0.15) is 70.8 Å². The van der Waals surface area contributed by atoms with E-state index in [0.29, 0.717) is 23.3 Å². The zero-order valence-corrected chi connectivity index (χ0v) is 24.6. The molecule has 11 nitrogen and oxygen atoms in total. The normalized spacial score (nSPS) is 34.3. The van der Waals surface area contributed by atoms with Gasteiger partial charge in [-0.1, -0.05) is 30.6 Å². The number of ether oxygens (including phenoxy) is 1. The van der Waals surface area contributed by atoms with Crippen molar-refractivity contribution in [2.24, 2.45) is 33.7 Å². The van der Waals surface area contributed by atoms with Crippen LogP contribution in [0.5, 0.6) is 5.75 Å². The number of rotatable bonds is 8. The number of allylic oxidation sites excluding steroid dienone is 2. The maximum Gasteiger partial charge on any atom is 0.328 e. The number of nitrogens with zero attached hydrogens (tertiary/aromatic N) is 1. The number of phenolic OH excluding ortho intramolecular Hbond substituents is 1. The van der Waals surface area contributed by atoms with E-state index < -0.39 is 23.1 Å². The van der Waals surface area contributed by atoms with Gasteiger partial charge in [-0.05, 0) is 97.7 Å². The number of phenols is 1. The molecule has 1 aromatic rings. The van der Waals surface area contributed by atoms with Crippen LogP contribution in [-0.4, -0.2) is 58.9 Å². The first-order valence-electron chi connectivity index (χ1n) is 15.0. The molecule has 8 atom stereocenters. The highest BCUT2D eigenvalue weighted by Crippen LogP contribution is 2.65. The van der Waals surface area contributed by atoms with Crippen LogP contribution >= 0.6 is 0 Å². The first-order chi connectivity index (χ1) is 20.0. The molecule has 3 saturated carbocycles. The standard InChI is InChI=1S/C31H43N3O8/c1-30-12-10-20(16-19(30)5-6-21-22-7-9-27(36)31(22,2)13-11-23(21)30)33-42-17-28(37)32-24(29(38)41-3)14-18-4-8-26(35)25(15-18)34(39)40/h4,8,15-16,21-24,27,34-36,39H,5-7,9-14,17H2,1-3H3,(H,32,37)/t21-,22+,23+,24+,27+,30+,31+/m1/s1. The van der Waals surface area contributed by atoms with Crippen LogP contribution in [0.2, 0.25) is 0 Å². The summed E-state index contributed by atoms with van der Waals surface area (Å²) in [6.45, 7) is 4.31. The number of methoxy groups -OCH3 is 1. The number of aromatic hydroxyl groups is 1. The minimum absolute atomic E-state index is 0.0285. The molecule has 1 amide bonds. The summed E-state index contributed by atoms with van der Waals surface area (Å²) in [7, 11) is 1.20. The molecule has 4 aliphatic rings. The Morgan fingerprint density at radius 1 is 1.17 bits per heavy atom. The van der Waals surface area contributed by atoms with Gasteiger partial charge in [0.15, 0.2) is 12.4 Å². The number of amides is 1. The first-order valence-corrected chi connectivity index (χ1v) is 15.0. The fourth-order valence-corrected chi connectivity index (χ4v) is 8.48. The van der Waals surface area contributed by atoms with Gasteiger partial charge < -0.3 is 30.3 Å². The number of carbonyl (C=O) groups excluding carboxylic acids is 2. The summed E-state index contributed by atoms with van der Waals surface area (Å²) in [6.07, 6.45) is 10.1. The number of oxime groups is 1. The van der Waals surface area contributed by atoms with E-state index in [1.165, 1.54) is 30.9 Å². The Kier molecular flexibility index (Phi) is 8.67. The van der Waals surface area contributed by atoms with Crippen LogP contribution in [-0.2, 0) is 25.6 Å². The third kappa shape index (κ3) is 5.67. The van der Waals surface area contributed by atoms with Crippen molar-refractivity contribution in [3.8, 4) is 5.75 Å². The highest BCUT2D eigenvalue weighted by molar-refractivity contribution is 5.96. The molecule has 42 heavy (non-hydrogen) atoms. The molecule has 0 heterocycles. The van der Waals surface area contributed by atoms with Gasteiger partial charge in [-0.15, -0.1) is 0 Å². The lowest BCUT2D eigenvalue weighted by molar-refractivity contribution is -0.991. The Balaban J connectivity index is 1.19. The summed E-state index contributed by atoms with van der Waals surface area (Å²) < 4.78 is 4.81. The van der Waals surface area contributed by atoms with Crippen molar-refractivity contribution in [3.63, 3.8) is 0 Å². The second kappa shape index (κ2) is 11.9. The summed E-state index contributed by atoms with van der Waals surface area (Å²) in [6, 6.07) is 2.89. The Morgan fingerprint density at radius 2 is 1.95 bits per heavy atom. The van der Waals surface area contributed by atoms with Gasteiger partial charge in [0.2, 0.25) is 5.69 Å². The van der Waals surface area contributed by atoms with E-state index in [4.69, 9.17) is 9.57 Å². The predicted octanol–water partition coefficient (Wildman–Crippen LogP) is 2.69. The van der Waals surface area contributed by atoms with Gasteiger partial charge in [-0.25, -0.2) is 10.0 Å². The molecular weight excluding hydrogens is 542 g/mol. The van der Waals surface area contributed by atoms with E-state index in [0.717, 1.165) is 57.1 Å². The zero-order chi connectivity index (χ0) is 30.2. The molecule has 0 spiro atoms. The monoisotopic (exact) mass is 585 g/mol. The number of carbonyl (C=O) groups is 2. The molecule has 0 aromatic heterocycles. The van der Waals surface area contributed by atoms with E-state index in [2.05, 4.69) is 30.4 Å². The average Bonchev–Trinajstić information content (AvgIpc) is 3.27. The smallest absolute Gasteiger partial charge is 0.328 e. The highest BCUT2D eigenvalue weighted by atomic mass is 16.8. The van der Waals surface area contributed by atoms with Gasteiger partial charge in [0.1, 0.15) is 6.04 Å². The van der Waals surface area contributed by atoms with Crippen molar-refractivity contribution in [1.82, 2.24) is 5.32 Å². The highest BCUT2D eigenvalue weighted by Gasteiger charge is 2.58. The van der Waals surface area contributed by atoms with Crippen LogP contribution in [0.4, 0.5) is 5.69 Å². The predicted molar refractivity (Wildman–Crippen MR) is 153 cm³/mol. The summed E-state index contributed by atoms with van der Waals surface area (Å²) >= 11 is 0. The number of nitrogens with one attached hydrogen (secondary N) is 2. The number of quaternary nitrogens is 1. The summed E-state index contributed by atoms with van der Waals surface area (Å²) in [5, 5.41) is 46.5. The van der Waals surface area contributed by atoms with Crippen molar-refractivity contribution in [1.29, 1.82) is 0 Å². The van der Waals surface area contributed by atoms with Gasteiger partial charge in [-0.2, -0.15) is 5.23 Å². The number of fused-ring (bicyclic) bond motifs is 5. The second-order valence-corrected chi connectivity index (χ2v) is 13.0. The quantitative estimate of drug-likeness (QED) is 0.177. The van der Waals surface area contributed by atoms with Crippen LogP contribution in [0.25, 0.3) is 0 Å². The molecule has 3 fully saturated rings. The van der Waals surface area contributed by atoms with Gasteiger partial charge in [0.05, 0.1) is 18.9 Å². The van der Waals surface area contributed by atoms with Crippen molar-refractivity contribution >= 4 is 23.3 Å². The molecule has 1 unspecified atom stereocenters. The van der Waals surface area contributed by atoms with E-state index in [1.807, 2.05) is 0 Å². The third-order valence-corrected chi connectivity index (χ3v) is 10.9. The van der Waals surface area contributed by atoms with Crippen LogP contribution in [0.3, 0.4) is 0 Å². The van der Waals surface area contributed by atoms with Crippen LogP contribution in [0, 0.1) is 33.8 Å². The van der Waals surface area contributed by atoms with E-state index in [9.17, 15) is 30.2 Å². The molecule has 0 aliphatic heterocycles. The van der Waals surface area contributed by atoms with E-state index in [1.54, 1.807) is 0 Å². The minimum atomic E-state index is -1.30. The molecule has 4 aliphatic carbocycles. The molecular formula is C31H43N3O8. The third-order valence-electron chi connectivity index (χ3n) is 10.9. The molecule has 11 heteroatoms. The Morgan fingerprint density at radius 3 is 2.69 bits per heavy atom. The Bertz CT molecular complexity index is 1260. The number of hydrogen-bond acceptors (Lipinski definition) is 9. The van der Waals surface area contributed by atoms with Crippen molar-refractivity contribution < 1.29 is 39.8 Å². The largest absolute Gasteiger partial charge is 0.595 e. The molecule has 5 N–H and O–H groups in total. The van der Waals surface area contributed by atoms with Crippen molar-refractivity contribution in [2.75, 3.05) is 13.7 Å². The molecule has 5 rings (SSSR count). The van der Waals surface area contributed by atoms with E-state index in [-0.39, 0.29) is 41.4 Å². The summed E-state index contributed by atoms with van der Waals surface area (Å²) in [5.74, 6) is 0.222. The van der Waals surface area contributed by atoms with Gasteiger partial charge in [0.25, 0.3) is 5.91 Å². The Hall–Kier alpha value is -2.99. The first kappa shape index (κ1) is 30.5. The number of hydrogen-bond donors (Lipinski definition) is 5. The fraction of sp³-hybridized carbons (Fsp3) is 0.645. The summed E-state index contributed by atoms with van der Waals surface area (Å²) in [5.41, 5.74) is 2.53. The number of aliphatic hydroxyl groups excluding tert-OH is 1. The van der Waals surface area contributed by atoms with E-state index >= 15 is 0 Å². The minimum Gasteiger partial charge on any atom is -0.595 e. The maximum absolute atomic E-state index is 12.6. The number of esters is 1. The van der Waals surface area contributed by atoms with Crippen LogP contribution < -0.4 is 10.5 Å². The Labute approximate surface area is 246 Å². The molecule has 230 valence electrons. The molecule has 0 bridgehead atoms.